The van der Waals surface area contributed by atoms with E-state index in [0.29, 0.717) is 43.3 Å². The molecule has 3 aromatic rings. The lowest BCUT2D eigenvalue weighted by molar-refractivity contribution is -0.140. The molecule has 0 spiro atoms. The van der Waals surface area contributed by atoms with Gasteiger partial charge in [0.2, 0.25) is 0 Å². The second-order valence-corrected chi connectivity index (χ2v) is 10.1. The van der Waals surface area contributed by atoms with E-state index in [1.807, 2.05) is 75.4 Å². The van der Waals surface area contributed by atoms with Gasteiger partial charge < -0.3 is 19.5 Å². The summed E-state index contributed by atoms with van der Waals surface area (Å²) < 4.78 is 12.9. The van der Waals surface area contributed by atoms with Crippen molar-refractivity contribution in [3.8, 4) is 11.4 Å². The van der Waals surface area contributed by atoms with E-state index >= 15 is 0 Å². The van der Waals surface area contributed by atoms with Gasteiger partial charge in [0, 0.05) is 26.2 Å². The van der Waals surface area contributed by atoms with E-state index in [9.17, 15) is 14.7 Å². The standard InChI is InChI=1S/C30H34N4O5/c1-20(2)39-24-11-9-22(10-12-24)27-26(29(36)30(37)33(27)14-13-32-15-17-38-18-16-32)28(35)25-19-31-34(21(25)3)23-7-5-4-6-8-23/h4-12,19-20,27,35H,13-18H2,1-3H3/b28-26+. The van der Waals surface area contributed by atoms with Crippen LogP contribution in [0.5, 0.6) is 5.75 Å². The zero-order chi connectivity index (χ0) is 27.5. The number of Topliss-reactive ketones (excluding diaryl/α,β-unsaturated/α-hetero) is 1. The van der Waals surface area contributed by atoms with Crippen LogP contribution in [0.4, 0.5) is 0 Å². The minimum Gasteiger partial charge on any atom is -0.507 e. The van der Waals surface area contributed by atoms with Gasteiger partial charge in [-0.25, -0.2) is 4.68 Å². The number of carbonyl (C=O) groups is 2. The van der Waals surface area contributed by atoms with Crippen molar-refractivity contribution in [1.82, 2.24) is 19.6 Å². The first-order valence-electron chi connectivity index (χ1n) is 13.3. The average molecular weight is 531 g/mol. The number of aromatic nitrogens is 2. The molecular weight excluding hydrogens is 496 g/mol. The first-order valence-corrected chi connectivity index (χ1v) is 13.3. The van der Waals surface area contributed by atoms with Crippen LogP contribution in [-0.4, -0.2) is 81.9 Å². The molecule has 39 heavy (non-hydrogen) atoms. The molecule has 1 amide bonds. The van der Waals surface area contributed by atoms with Crippen molar-refractivity contribution in [2.24, 2.45) is 0 Å². The first kappa shape index (κ1) is 26.6. The van der Waals surface area contributed by atoms with Crippen LogP contribution in [-0.2, 0) is 14.3 Å². The van der Waals surface area contributed by atoms with Crippen molar-refractivity contribution in [3.05, 3.63) is 83.2 Å². The maximum absolute atomic E-state index is 13.5. The Kier molecular flexibility index (Phi) is 7.81. The summed E-state index contributed by atoms with van der Waals surface area (Å²) in [6, 6.07) is 16.2. The highest BCUT2D eigenvalue weighted by molar-refractivity contribution is 6.46. The Hall–Kier alpha value is -3.95. The molecule has 1 unspecified atom stereocenters. The monoisotopic (exact) mass is 530 g/mol. The molecule has 0 radical (unpaired) electrons. The third-order valence-electron chi connectivity index (χ3n) is 7.13. The van der Waals surface area contributed by atoms with Crippen LogP contribution in [0.1, 0.15) is 36.7 Å². The number of aliphatic hydroxyl groups is 1. The average Bonchev–Trinajstić information content (AvgIpc) is 3.45. The van der Waals surface area contributed by atoms with Gasteiger partial charge in [0.25, 0.3) is 11.7 Å². The maximum atomic E-state index is 13.5. The predicted octanol–water partition coefficient (Wildman–Crippen LogP) is 3.72. The van der Waals surface area contributed by atoms with Gasteiger partial charge in [-0.05, 0) is 50.6 Å². The molecule has 1 atom stereocenters. The van der Waals surface area contributed by atoms with Crippen LogP contribution in [0.2, 0.25) is 0 Å². The fraction of sp³-hybridized carbons (Fsp3) is 0.367. The normalized spacial score (nSPS) is 19.7. The van der Waals surface area contributed by atoms with Crippen LogP contribution >= 0.6 is 0 Å². The van der Waals surface area contributed by atoms with Gasteiger partial charge in [-0.3, -0.25) is 14.5 Å². The van der Waals surface area contributed by atoms with E-state index in [-0.39, 0.29) is 17.4 Å². The number of likely N-dealkylation sites (tertiary alicyclic amines) is 1. The van der Waals surface area contributed by atoms with Crippen molar-refractivity contribution in [3.63, 3.8) is 0 Å². The number of nitrogens with zero attached hydrogens (tertiary/aromatic N) is 4. The van der Waals surface area contributed by atoms with Gasteiger partial charge in [0.1, 0.15) is 11.5 Å². The van der Waals surface area contributed by atoms with Crippen molar-refractivity contribution < 1.29 is 24.2 Å². The molecule has 2 aliphatic heterocycles. The number of morpholine rings is 1. The maximum Gasteiger partial charge on any atom is 0.295 e. The number of carbonyl (C=O) groups excluding carboxylic acids is 2. The summed E-state index contributed by atoms with van der Waals surface area (Å²) in [6.45, 7) is 9.51. The predicted molar refractivity (Wildman–Crippen MR) is 147 cm³/mol. The second-order valence-electron chi connectivity index (χ2n) is 10.1. The summed E-state index contributed by atoms with van der Waals surface area (Å²) in [6.07, 6.45) is 1.55. The molecule has 5 rings (SSSR count). The number of hydrogen-bond acceptors (Lipinski definition) is 7. The number of ether oxygens (including phenoxy) is 2. The molecule has 2 aromatic carbocycles. The Morgan fingerprint density at radius 3 is 2.41 bits per heavy atom. The largest absolute Gasteiger partial charge is 0.507 e. The molecule has 1 aromatic heterocycles. The number of hydrogen-bond donors (Lipinski definition) is 1. The molecule has 0 saturated carbocycles. The molecule has 204 valence electrons. The van der Waals surface area contributed by atoms with Crippen LogP contribution in [0.25, 0.3) is 11.4 Å². The van der Waals surface area contributed by atoms with Crippen molar-refractivity contribution in [2.75, 3.05) is 39.4 Å². The van der Waals surface area contributed by atoms with E-state index < -0.39 is 17.7 Å². The highest BCUT2D eigenvalue weighted by Gasteiger charge is 2.46. The van der Waals surface area contributed by atoms with E-state index in [0.717, 1.165) is 24.3 Å². The zero-order valence-electron chi connectivity index (χ0n) is 22.5. The summed E-state index contributed by atoms with van der Waals surface area (Å²) in [5.41, 5.74) is 2.70. The van der Waals surface area contributed by atoms with Crippen LogP contribution in [0, 0.1) is 6.92 Å². The third kappa shape index (κ3) is 5.46. The van der Waals surface area contributed by atoms with Gasteiger partial charge in [0.15, 0.2) is 0 Å². The van der Waals surface area contributed by atoms with E-state index in [4.69, 9.17) is 9.47 Å². The summed E-state index contributed by atoms with van der Waals surface area (Å²) in [4.78, 5) is 30.6. The second kappa shape index (κ2) is 11.4. The third-order valence-corrected chi connectivity index (χ3v) is 7.13. The quantitative estimate of drug-likeness (QED) is 0.269. The van der Waals surface area contributed by atoms with Crippen molar-refractivity contribution in [2.45, 2.75) is 32.9 Å². The number of ketones is 1. The lowest BCUT2D eigenvalue weighted by atomic mass is 9.95. The number of rotatable bonds is 8. The van der Waals surface area contributed by atoms with E-state index in [1.165, 1.54) is 6.20 Å². The van der Waals surface area contributed by atoms with E-state index in [1.54, 1.807) is 9.58 Å². The molecule has 2 aliphatic rings. The molecule has 1 N–H and O–H groups in total. The summed E-state index contributed by atoms with van der Waals surface area (Å²) in [5, 5.41) is 16.0. The topological polar surface area (TPSA) is 97.1 Å². The number of para-hydroxylation sites is 1. The number of amides is 1. The molecule has 9 nitrogen and oxygen atoms in total. The minimum atomic E-state index is -0.737. The summed E-state index contributed by atoms with van der Waals surface area (Å²) >= 11 is 0. The molecule has 0 aliphatic carbocycles. The van der Waals surface area contributed by atoms with Gasteiger partial charge in [-0.1, -0.05) is 30.3 Å². The lowest BCUT2D eigenvalue weighted by Crippen LogP contribution is -2.42. The van der Waals surface area contributed by atoms with Crippen LogP contribution < -0.4 is 4.74 Å². The summed E-state index contributed by atoms with van der Waals surface area (Å²) in [7, 11) is 0. The molecule has 0 bridgehead atoms. The van der Waals surface area contributed by atoms with Gasteiger partial charge in [0.05, 0.1) is 54.1 Å². The van der Waals surface area contributed by atoms with Crippen molar-refractivity contribution in [1.29, 1.82) is 0 Å². The highest BCUT2D eigenvalue weighted by atomic mass is 16.5. The van der Waals surface area contributed by atoms with Crippen LogP contribution in [0.3, 0.4) is 0 Å². The first-order chi connectivity index (χ1) is 18.8. The van der Waals surface area contributed by atoms with Crippen molar-refractivity contribution >= 4 is 17.4 Å². The number of aliphatic hydroxyl groups excluding tert-OH is 1. The number of benzene rings is 2. The molecular formula is C30H34N4O5. The SMILES string of the molecule is Cc1c(/C(O)=C2\C(=O)C(=O)N(CCN3CCOCC3)C2c2ccc(OC(C)C)cc2)cnn1-c1ccccc1. The lowest BCUT2D eigenvalue weighted by Gasteiger charge is -2.31. The Labute approximate surface area is 228 Å². The Balaban J connectivity index is 1.54. The fourth-order valence-electron chi connectivity index (χ4n) is 5.15. The van der Waals surface area contributed by atoms with E-state index in [2.05, 4.69) is 10.00 Å². The Morgan fingerprint density at radius 1 is 1.05 bits per heavy atom. The highest BCUT2D eigenvalue weighted by Crippen LogP contribution is 2.40. The molecule has 2 fully saturated rings. The van der Waals surface area contributed by atoms with Gasteiger partial charge in [-0.15, -0.1) is 0 Å². The smallest absolute Gasteiger partial charge is 0.295 e. The fourth-order valence-corrected chi connectivity index (χ4v) is 5.15. The minimum absolute atomic E-state index is 0.0131. The summed E-state index contributed by atoms with van der Waals surface area (Å²) in [5.74, 6) is -0.854. The van der Waals surface area contributed by atoms with Gasteiger partial charge >= 0.3 is 0 Å². The molecule has 2 saturated heterocycles. The van der Waals surface area contributed by atoms with Gasteiger partial charge in [-0.2, -0.15) is 5.10 Å². The Bertz CT molecular complexity index is 1360. The zero-order valence-corrected chi connectivity index (χ0v) is 22.5. The van der Waals surface area contributed by atoms with Crippen LogP contribution in [0.15, 0.2) is 66.4 Å². The molecule has 3 heterocycles. The molecule has 9 heteroatoms. The Morgan fingerprint density at radius 2 is 1.74 bits per heavy atom.